The number of hydrogen-bond acceptors (Lipinski definition) is 2. The minimum absolute atomic E-state index is 0.692. The third-order valence-corrected chi connectivity index (χ3v) is 3.20. The second-order valence-electron chi connectivity index (χ2n) is 5.00. The molecule has 0 saturated carbocycles. The van der Waals surface area contributed by atoms with Gasteiger partial charge in [0.25, 0.3) is 0 Å². The monoisotopic (exact) mass is 282 g/mol. The molecule has 0 amide bonds. The Morgan fingerprint density at radius 2 is 1.57 bits per heavy atom. The lowest BCUT2D eigenvalue weighted by Gasteiger charge is -2.11. The zero-order valence-electron chi connectivity index (χ0n) is 12.4. The summed E-state index contributed by atoms with van der Waals surface area (Å²) in [5.41, 5.74) is 4.66. The molecule has 3 heteroatoms. The summed E-state index contributed by atoms with van der Waals surface area (Å²) >= 11 is 0. The molecule has 2 aromatic carbocycles. The van der Waals surface area contributed by atoms with Gasteiger partial charge in [0.15, 0.2) is 0 Å². The fraction of sp³-hybridized carbons (Fsp3) is 0.167. The van der Waals surface area contributed by atoms with Gasteiger partial charge in [0.05, 0.1) is 7.11 Å². The fourth-order valence-corrected chi connectivity index (χ4v) is 2.36. The number of carbonyl (C=O) groups is 1. The first-order valence-electron chi connectivity index (χ1n) is 6.67. The Kier molecular flexibility index (Phi) is 4.43. The molecule has 0 saturated heterocycles. The molecule has 0 fully saturated rings. The van der Waals surface area contributed by atoms with Crippen molar-refractivity contribution >= 4 is 11.5 Å². The van der Waals surface area contributed by atoms with E-state index in [9.17, 15) is 4.79 Å². The van der Waals surface area contributed by atoms with Crippen molar-refractivity contribution in [2.75, 3.05) is 7.11 Å². The van der Waals surface area contributed by atoms with Gasteiger partial charge in [0, 0.05) is 6.08 Å². The average molecular weight is 282 g/mol. The van der Waals surface area contributed by atoms with Crippen LogP contribution in [0.15, 0.2) is 48.5 Å². The molecular formula is C18H18O3. The highest BCUT2D eigenvalue weighted by Crippen LogP contribution is 2.26. The molecule has 3 nitrogen and oxygen atoms in total. The summed E-state index contributed by atoms with van der Waals surface area (Å²) in [4.78, 5) is 11.1. The van der Waals surface area contributed by atoms with Crippen molar-refractivity contribution in [3.8, 4) is 5.75 Å². The van der Waals surface area contributed by atoms with Crippen LogP contribution in [0.25, 0.3) is 5.57 Å². The largest absolute Gasteiger partial charge is 0.497 e. The maximum Gasteiger partial charge on any atom is 0.328 e. The van der Waals surface area contributed by atoms with Crippen LogP contribution in [-0.4, -0.2) is 18.2 Å². The van der Waals surface area contributed by atoms with Crippen molar-refractivity contribution in [2.24, 2.45) is 0 Å². The van der Waals surface area contributed by atoms with Gasteiger partial charge in [-0.3, -0.25) is 0 Å². The number of carboxylic acids is 1. The van der Waals surface area contributed by atoms with Crippen LogP contribution >= 0.6 is 0 Å². The van der Waals surface area contributed by atoms with E-state index in [1.807, 2.05) is 50.2 Å². The second kappa shape index (κ2) is 6.27. The number of aryl methyl sites for hydroxylation is 2. The van der Waals surface area contributed by atoms with Crippen LogP contribution in [-0.2, 0) is 4.79 Å². The van der Waals surface area contributed by atoms with Crippen molar-refractivity contribution in [3.63, 3.8) is 0 Å². The maximum absolute atomic E-state index is 11.1. The Morgan fingerprint density at radius 3 is 2.05 bits per heavy atom. The molecule has 0 aliphatic heterocycles. The summed E-state index contributed by atoms with van der Waals surface area (Å²) in [6.45, 7) is 4.01. The molecule has 0 unspecified atom stereocenters. The van der Waals surface area contributed by atoms with E-state index in [0.29, 0.717) is 5.57 Å². The highest BCUT2D eigenvalue weighted by molar-refractivity contribution is 5.95. The Morgan fingerprint density at radius 1 is 1.00 bits per heavy atom. The van der Waals surface area contributed by atoms with Crippen molar-refractivity contribution in [1.29, 1.82) is 0 Å². The number of carboxylic acid groups (broad SMARTS) is 1. The topological polar surface area (TPSA) is 46.5 Å². The summed E-state index contributed by atoms with van der Waals surface area (Å²) in [5.74, 6) is -0.214. The fourth-order valence-electron chi connectivity index (χ4n) is 2.36. The lowest BCUT2D eigenvalue weighted by Crippen LogP contribution is -1.96. The first kappa shape index (κ1) is 14.9. The van der Waals surface area contributed by atoms with Crippen LogP contribution in [0.3, 0.4) is 0 Å². The van der Waals surface area contributed by atoms with E-state index in [1.165, 1.54) is 6.08 Å². The third-order valence-electron chi connectivity index (χ3n) is 3.20. The third kappa shape index (κ3) is 3.72. The Bertz CT molecular complexity index is 662. The summed E-state index contributed by atoms with van der Waals surface area (Å²) in [5, 5.41) is 9.14. The highest BCUT2D eigenvalue weighted by atomic mass is 16.5. The molecule has 108 valence electrons. The second-order valence-corrected chi connectivity index (χ2v) is 5.00. The molecule has 21 heavy (non-hydrogen) atoms. The van der Waals surface area contributed by atoms with Crippen LogP contribution in [0, 0.1) is 13.8 Å². The maximum atomic E-state index is 11.1. The lowest BCUT2D eigenvalue weighted by atomic mass is 9.94. The van der Waals surface area contributed by atoms with Gasteiger partial charge < -0.3 is 9.84 Å². The predicted octanol–water partition coefficient (Wildman–Crippen LogP) is 3.83. The zero-order valence-corrected chi connectivity index (χ0v) is 12.4. The van der Waals surface area contributed by atoms with E-state index in [0.717, 1.165) is 28.0 Å². The van der Waals surface area contributed by atoms with Gasteiger partial charge in [0.2, 0.25) is 0 Å². The predicted molar refractivity (Wildman–Crippen MR) is 83.6 cm³/mol. The van der Waals surface area contributed by atoms with E-state index in [-0.39, 0.29) is 0 Å². The molecule has 0 aromatic heterocycles. The van der Waals surface area contributed by atoms with Gasteiger partial charge in [-0.25, -0.2) is 4.79 Å². The molecule has 0 aliphatic rings. The molecular weight excluding hydrogens is 264 g/mol. The van der Waals surface area contributed by atoms with E-state index < -0.39 is 5.97 Å². The standard InChI is InChI=1S/C18H18O3/c1-12-8-13(2)10-15(9-12)17(11-18(19)20)14-4-6-16(21-3)7-5-14/h4-11H,1-3H3,(H,19,20)/b17-11-. The van der Waals surface area contributed by atoms with Crippen LogP contribution in [0.1, 0.15) is 22.3 Å². The first-order valence-corrected chi connectivity index (χ1v) is 6.67. The zero-order chi connectivity index (χ0) is 15.4. The molecule has 2 aromatic rings. The quantitative estimate of drug-likeness (QED) is 0.867. The number of methoxy groups -OCH3 is 1. The minimum Gasteiger partial charge on any atom is -0.497 e. The van der Waals surface area contributed by atoms with Crippen LogP contribution in [0.5, 0.6) is 5.75 Å². The number of hydrogen-bond donors (Lipinski definition) is 1. The summed E-state index contributed by atoms with van der Waals surface area (Å²) in [6, 6.07) is 13.4. The molecule has 0 spiro atoms. The number of benzene rings is 2. The SMILES string of the molecule is COc1ccc(/C(=C/C(=O)O)c2cc(C)cc(C)c2)cc1. The van der Waals surface area contributed by atoms with Crippen molar-refractivity contribution in [3.05, 3.63) is 70.8 Å². The lowest BCUT2D eigenvalue weighted by molar-refractivity contribution is -0.131. The van der Waals surface area contributed by atoms with E-state index >= 15 is 0 Å². The van der Waals surface area contributed by atoms with Crippen LogP contribution < -0.4 is 4.74 Å². The highest BCUT2D eigenvalue weighted by Gasteiger charge is 2.09. The Labute approximate surface area is 124 Å². The van der Waals surface area contributed by atoms with Crippen LogP contribution in [0.2, 0.25) is 0 Å². The molecule has 2 rings (SSSR count). The Balaban J connectivity index is 2.55. The first-order chi connectivity index (χ1) is 9.99. The molecule has 0 bridgehead atoms. The van der Waals surface area contributed by atoms with E-state index in [1.54, 1.807) is 7.11 Å². The van der Waals surface area contributed by atoms with Gasteiger partial charge in [-0.05, 0) is 42.7 Å². The smallest absolute Gasteiger partial charge is 0.328 e. The summed E-state index contributed by atoms with van der Waals surface area (Å²) in [6.07, 6.45) is 1.25. The van der Waals surface area contributed by atoms with Crippen molar-refractivity contribution in [2.45, 2.75) is 13.8 Å². The molecule has 0 heterocycles. The minimum atomic E-state index is -0.958. The average Bonchev–Trinajstić information content (AvgIpc) is 2.43. The molecule has 0 atom stereocenters. The summed E-state index contributed by atoms with van der Waals surface area (Å²) < 4.78 is 5.14. The summed E-state index contributed by atoms with van der Waals surface area (Å²) in [7, 11) is 1.60. The van der Waals surface area contributed by atoms with Gasteiger partial charge in [-0.1, -0.05) is 41.5 Å². The molecule has 1 N–H and O–H groups in total. The van der Waals surface area contributed by atoms with Gasteiger partial charge in [-0.2, -0.15) is 0 Å². The number of ether oxygens (including phenoxy) is 1. The van der Waals surface area contributed by atoms with Crippen molar-refractivity contribution < 1.29 is 14.6 Å². The number of aliphatic carboxylic acids is 1. The van der Waals surface area contributed by atoms with Crippen molar-refractivity contribution in [1.82, 2.24) is 0 Å². The normalized spacial score (nSPS) is 11.3. The van der Waals surface area contributed by atoms with Gasteiger partial charge >= 0.3 is 5.97 Å². The van der Waals surface area contributed by atoms with Crippen LogP contribution in [0.4, 0.5) is 0 Å². The Hall–Kier alpha value is -2.55. The van der Waals surface area contributed by atoms with E-state index in [4.69, 9.17) is 9.84 Å². The van der Waals surface area contributed by atoms with E-state index in [2.05, 4.69) is 6.07 Å². The number of rotatable bonds is 4. The molecule has 0 aliphatic carbocycles. The van der Waals surface area contributed by atoms with Gasteiger partial charge in [-0.15, -0.1) is 0 Å². The molecule has 0 radical (unpaired) electrons. The van der Waals surface area contributed by atoms with Gasteiger partial charge in [0.1, 0.15) is 5.75 Å².